The number of H-pyrrole nitrogens is 4. The van der Waals surface area contributed by atoms with Gasteiger partial charge in [0.15, 0.2) is 0 Å². The number of carbonyl (C=O) groups is 3. The molecule has 0 aliphatic rings. The summed E-state index contributed by atoms with van der Waals surface area (Å²) in [6.07, 6.45) is 11.4. The number of hydrogen-bond donors (Lipinski definition) is 6. The number of aromatic amines is 4. The molecule has 23 heteroatoms. The van der Waals surface area contributed by atoms with Gasteiger partial charge < -0.3 is 30.8 Å². The number of rotatable bonds is 3. The molecule has 0 spiro atoms. The summed E-state index contributed by atoms with van der Waals surface area (Å²) in [5.41, 5.74) is 7.99. The van der Waals surface area contributed by atoms with E-state index in [1.54, 1.807) is 6.20 Å². The lowest BCUT2D eigenvalue weighted by Gasteiger charge is -1.93. The number of nitrogens with one attached hydrogen (secondary N) is 4. The van der Waals surface area contributed by atoms with E-state index in [0.29, 0.717) is 49.4 Å². The van der Waals surface area contributed by atoms with Crippen LogP contribution in [-0.2, 0) is 0 Å². The van der Waals surface area contributed by atoms with E-state index in [0.717, 1.165) is 15.5 Å². The number of carbonyl (C=O) groups excluding carboxylic acids is 2. The molecule has 54 heavy (non-hydrogen) atoms. The van der Waals surface area contributed by atoms with E-state index >= 15 is 0 Å². The van der Waals surface area contributed by atoms with Gasteiger partial charge in [0, 0.05) is 29.3 Å². The normalized spacial score (nSPS) is 9.81. The molecule has 8 aromatic heterocycles. The highest BCUT2D eigenvalue weighted by atomic mass is 79.9. The van der Waals surface area contributed by atoms with Crippen LogP contribution in [0.1, 0.15) is 60.8 Å². The Morgan fingerprint density at radius 3 is 1.22 bits per heavy atom. The first-order chi connectivity index (χ1) is 23.9. The molecule has 0 unspecified atom stereocenters. The zero-order valence-electron chi connectivity index (χ0n) is 24.2. The highest BCUT2D eigenvalue weighted by Gasteiger charge is 2.16. The first-order valence-electron chi connectivity index (χ1n) is 13.2. The Balaban J connectivity index is 0.000000352. The molecule has 0 aromatic carbocycles. The predicted molar refractivity (Wildman–Crippen MR) is 216 cm³/mol. The zero-order chi connectivity index (χ0) is 36.1. The lowest BCUT2D eigenvalue weighted by molar-refractivity contribution is 0.0698. The maximum absolute atomic E-state index is 10.9. The van der Waals surface area contributed by atoms with Crippen molar-refractivity contribution in [3.8, 4) is 0 Å². The number of aromatic nitrogens is 12. The Kier molecular flexibility index (Phi) is 17.8. The van der Waals surface area contributed by atoms with E-state index in [9.17, 15) is 14.4 Å². The standard InChI is InChI=1S/C7H3Cl2N3O.C7H5ClN4O.C7H4ClN3O2.C6H3BrClN3.4CH4/c2*8-5-4-3(6(9)13)1-10-7(4)12-2-11-5;8-5-4-3(7(12)13)1-9-6(4)11-2-10-5;7-3-1-9-6-4(3)5(8)10-2-11-6;;;;/h1-2H,(H,10,11,12);1-2H,(H2,9,13)(H,10,11,12);1-2H,(H,12,13)(H,9,10,11);1-2H,(H,9,10,11);4*1H4. The lowest BCUT2D eigenvalue weighted by atomic mass is 10.2. The third-order valence-electron chi connectivity index (χ3n) is 6.35. The number of carboxylic acid groups (broad SMARTS) is 1. The van der Waals surface area contributed by atoms with Crippen LogP contribution in [0, 0.1) is 0 Å². The third-order valence-corrected chi connectivity index (χ3v) is 8.33. The molecule has 0 atom stereocenters. The van der Waals surface area contributed by atoms with E-state index in [1.807, 2.05) is 0 Å². The van der Waals surface area contributed by atoms with Gasteiger partial charge >= 0.3 is 5.97 Å². The van der Waals surface area contributed by atoms with Crippen LogP contribution in [-0.4, -0.2) is 82.0 Å². The molecule has 8 rings (SSSR count). The molecule has 1 amide bonds. The summed E-state index contributed by atoms with van der Waals surface area (Å²) in [6.45, 7) is 0. The molecule has 0 saturated carbocycles. The van der Waals surface area contributed by atoms with Crippen LogP contribution in [0.3, 0.4) is 0 Å². The average Bonchev–Trinajstić information content (AvgIpc) is 3.88. The van der Waals surface area contributed by atoms with Crippen molar-refractivity contribution < 1.29 is 19.5 Å². The smallest absolute Gasteiger partial charge is 0.338 e. The fourth-order valence-corrected chi connectivity index (χ4v) is 5.87. The van der Waals surface area contributed by atoms with Gasteiger partial charge in [-0.25, -0.2) is 44.7 Å². The third kappa shape index (κ3) is 10.2. The summed E-state index contributed by atoms with van der Waals surface area (Å²) in [7, 11) is 0. The van der Waals surface area contributed by atoms with Gasteiger partial charge in [-0.1, -0.05) is 76.1 Å². The minimum absolute atomic E-state index is 0. The van der Waals surface area contributed by atoms with E-state index in [4.69, 9.17) is 68.8 Å². The van der Waals surface area contributed by atoms with Crippen LogP contribution in [0.5, 0.6) is 0 Å². The fraction of sp³-hybridized carbons (Fsp3) is 0.129. The van der Waals surface area contributed by atoms with Crippen molar-refractivity contribution in [2.75, 3.05) is 0 Å². The average molecular weight is 907 g/mol. The van der Waals surface area contributed by atoms with Crippen LogP contribution in [0.4, 0.5) is 0 Å². The summed E-state index contributed by atoms with van der Waals surface area (Å²) in [4.78, 5) is 74.3. The van der Waals surface area contributed by atoms with Crippen molar-refractivity contribution in [2.45, 2.75) is 29.7 Å². The number of aromatic carboxylic acids is 1. The maximum Gasteiger partial charge on any atom is 0.338 e. The molecule has 0 saturated heterocycles. The molecule has 0 fully saturated rings. The van der Waals surface area contributed by atoms with E-state index in [1.165, 1.54) is 43.9 Å². The molecule has 0 aliphatic heterocycles. The highest BCUT2D eigenvalue weighted by Crippen LogP contribution is 2.27. The second-order valence-corrected chi connectivity index (χ2v) is 11.9. The Hall–Kier alpha value is -4.98. The van der Waals surface area contributed by atoms with E-state index in [-0.39, 0.29) is 50.7 Å². The molecule has 0 bridgehead atoms. The molecular weight excluding hydrogens is 876 g/mol. The predicted octanol–water partition coefficient (Wildman–Crippen LogP) is 8.93. The van der Waals surface area contributed by atoms with Gasteiger partial charge in [-0.2, -0.15) is 0 Å². The minimum atomic E-state index is -1.05. The molecule has 8 heterocycles. The molecular formula is C31H31BrCl5N13O4. The van der Waals surface area contributed by atoms with Gasteiger partial charge in [0.05, 0.1) is 38.2 Å². The van der Waals surface area contributed by atoms with Crippen LogP contribution < -0.4 is 5.73 Å². The fourth-order valence-electron chi connectivity index (χ4n) is 4.18. The Morgan fingerprint density at radius 2 is 0.852 bits per heavy atom. The Labute approximate surface area is 340 Å². The lowest BCUT2D eigenvalue weighted by Crippen LogP contribution is -2.10. The number of primary amides is 1. The molecule has 0 aliphatic carbocycles. The van der Waals surface area contributed by atoms with Gasteiger partial charge in [0.2, 0.25) is 0 Å². The van der Waals surface area contributed by atoms with Crippen LogP contribution in [0.15, 0.2) is 54.6 Å². The van der Waals surface area contributed by atoms with Crippen molar-refractivity contribution in [3.63, 3.8) is 0 Å². The second kappa shape index (κ2) is 20.5. The topological polar surface area (TPSA) is 264 Å². The van der Waals surface area contributed by atoms with Crippen molar-refractivity contribution in [1.82, 2.24) is 59.8 Å². The van der Waals surface area contributed by atoms with Gasteiger partial charge in [0.25, 0.3) is 11.1 Å². The number of fused-ring (bicyclic) bond motifs is 4. The number of halogens is 6. The largest absolute Gasteiger partial charge is 0.478 e. The minimum Gasteiger partial charge on any atom is -0.478 e. The quantitative estimate of drug-likeness (QED) is 0.0717. The molecule has 8 aromatic rings. The summed E-state index contributed by atoms with van der Waals surface area (Å²) in [6, 6.07) is 0. The van der Waals surface area contributed by atoms with Crippen LogP contribution >= 0.6 is 73.9 Å². The number of hydrogen-bond acceptors (Lipinski definition) is 11. The van der Waals surface area contributed by atoms with E-state index < -0.39 is 17.1 Å². The maximum atomic E-state index is 10.9. The number of amides is 1. The van der Waals surface area contributed by atoms with Crippen LogP contribution in [0.2, 0.25) is 20.6 Å². The summed E-state index contributed by atoms with van der Waals surface area (Å²) >= 11 is 31.7. The zero-order valence-corrected chi connectivity index (χ0v) is 29.6. The Morgan fingerprint density at radius 1 is 0.537 bits per heavy atom. The number of nitrogens with two attached hydrogens (primary N) is 1. The number of carboxylic acids is 1. The first kappa shape index (κ1) is 47.0. The van der Waals surface area contributed by atoms with Gasteiger partial charge in [0.1, 0.15) is 68.5 Å². The number of nitrogens with zero attached hydrogens (tertiary/aromatic N) is 8. The van der Waals surface area contributed by atoms with Crippen LogP contribution in [0.25, 0.3) is 44.1 Å². The molecule has 286 valence electrons. The first-order valence-corrected chi connectivity index (χ1v) is 15.9. The van der Waals surface area contributed by atoms with Crippen molar-refractivity contribution in [3.05, 3.63) is 91.9 Å². The summed E-state index contributed by atoms with van der Waals surface area (Å²) < 4.78 is 0.887. The van der Waals surface area contributed by atoms with Gasteiger partial charge in [-0.3, -0.25) is 9.59 Å². The van der Waals surface area contributed by atoms with Crippen molar-refractivity contribution in [1.29, 1.82) is 0 Å². The van der Waals surface area contributed by atoms with Crippen molar-refractivity contribution in [2.24, 2.45) is 5.73 Å². The Bertz CT molecular complexity index is 2320. The molecule has 7 N–H and O–H groups in total. The van der Waals surface area contributed by atoms with Crippen molar-refractivity contribution >= 4 is 135 Å². The van der Waals surface area contributed by atoms with Gasteiger partial charge in [-0.05, 0) is 27.5 Å². The molecule has 0 radical (unpaired) electrons. The molecule has 17 nitrogen and oxygen atoms in total. The summed E-state index contributed by atoms with van der Waals surface area (Å²) in [5, 5.41) is 11.3. The SMILES string of the molecule is C.C.C.C.Clc1ncnc2[nH]cc(Br)c12.NC(=O)c1c[nH]c2ncnc(Cl)c12.O=C(Cl)c1c[nH]c2ncnc(Cl)c12.O=C(O)c1c[nH]c2ncnc(Cl)c12. The monoisotopic (exact) mass is 903 g/mol. The summed E-state index contributed by atoms with van der Waals surface area (Å²) in [5.74, 6) is -1.61. The highest BCUT2D eigenvalue weighted by molar-refractivity contribution is 9.10. The van der Waals surface area contributed by atoms with E-state index in [2.05, 4.69) is 75.7 Å². The van der Waals surface area contributed by atoms with Gasteiger partial charge in [-0.15, -0.1) is 0 Å². The second-order valence-electron chi connectivity index (χ2n) is 9.24.